The molecule has 0 saturated heterocycles. The molecule has 1 aromatic heterocycles. The van der Waals surface area contributed by atoms with Gasteiger partial charge in [-0.15, -0.1) is 11.3 Å². The van der Waals surface area contributed by atoms with E-state index in [2.05, 4.69) is 11.9 Å². The Kier molecular flexibility index (Phi) is 2.37. The van der Waals surface area contributed by atoms with Crippen molar-refractivity contribution in [3.8, 4) is 0 Å². The van der Waals surface area contributed by atoms with Crippen molar-refractivity contribution in [3.63, 3.8) is 0 Å². The average molecular weight is 152 g/mol. The summed E-state index contributed by atoms with van der Waals surface area (Å²) in [6.45, 7) is 3.65. The molecule has 0 spiro atoms. The van der Waals surface area contributed by atoms with E-state index in [1.54, 1.807) is 0 Å². The Morgan fingerprint density at radius 3 is 3.10 bits per heavy atom. The van der Waals surface area contributed by atoms with Gasteiger partial charge in [0.15, 0.2) is 0 Å². The van der Waals surface area contributed by atoms with Crippen LogP contribution in [-0.2, 0) is 4.79 Å². The van der Waals surface area contributed by atoms with Crippen molar-refractivity contribution in [3.05, 3.63) is 29.3 Å². The average Bonchev–Trinajstić information content (AvgIpc) is 2.38. The number of carbonyl (C=O) groups excluding carboxylic acids is 1. The van der Waals surface area contributed by atoms with E-state index in [0.717, 1.165) is 4.88 Å². The Hall–Kier alpha value is -0.920. The predicted octanol–water partition coefficient (Wildman–Crippen LogP) is 1.96. The van der Waals surface area contributed by atoms with Crippen LogP contribution in [0.25, 0.3) is 0 Å². The molecule has 1 rings (SSSR count). The molecule has 0 aliphatic heterocycles. The molecule has 1 atom stereocenters. The van der Waals surface area contributed by atoms with Gasteiger partial charge in [0.05, 0.1) is 6.04 Å². The lowest BCUT2D eigenvalue weighted by Gasteiger charge is -1.95. The van der Waals surface area contributed by atoms with Crippen LogP contribution in [0.2, 0.25) is 0 Å². The van der Waals surface area contributed by atoms with E-state index in [0.29, 0.717) is 0 Å². The van der Waals surface area contributed by atoms with Gasteiger partial charge in [0.25, 0.3) is 0 Å². The van der Waals surface area contributed by atoms with Crippen LogP contribution < -0.4 is 0 Å². The standard InChI is InChI=1S/C7H6NOS/c1-6(8-5-9)7-3-2-4-10-7/h2-4,6H,1H2. The zero-order valence-corrected chi connectivity index (χ0v) is 6.10. The van der Waals surface area contributed by atoms with Gasteiger partial charge in [-0.2, -0.15) is 4.99 Å². The topological polar surface area (TPSA) is 29.4 Å². The molecular weight excluding hydrogens is 146 g/mol. The maximum Gasteiger partial charge on any atom is 0.235 e. The molecular formula is C7H6NOS. The van der Waals surface area contributed by atoms with Gasteiger partial charge in [-0.05, 0) is 18.4 Å². The van der Waals surface area contributed by atoms with Crippen molar-refractivity contribution in [2.45, 2.75) is 6.04 Å². The van der Waals surface area contributed by atoms with Crippen LogP contribution in [0.4, 0.5) is 0 Å². The molecule has 1 radical (unpaired) electrons. The van der Waals surface area contributed by atoms with E-state index in [1.165, 1.54) is 17.4 Å². The van der Waals surface area contributed by atoms with Crippen molar-refractivity contribution >= 4 is 17.4 Å². The molecule has 1 aromatic rings. The van der Waals surface area contributed by atoms with Crippen LogP contribution in [-0.4, -0.2) is 6.08 Å². The lowest BCUT2D eigenvalue weighted by Crippen LogP contribution is -1.82. The minimum Gasteiger partial charge on any atom is -0.211 e. The number of nitrogens with zero attached hydrogens (tertiary/aromatic N) is 1. The Morgan fingerprint density at radius 1 is 1.80 bits per heavy atom. The third kappa shape index (κ3) is 1.53. The predicted molar refractivity (Wildman–Crippen MR) is 40.5 cm³/mol. The van der Waals surface area contributed by atoms with Crippen molar-refractivity contribution in [2.75, 3.05) is 0 Å². The van der Waals surface area contributed by atoms with Gasteiger partial charge in [0.2, 0.25) is 6.08 Å². The minimum absolute atomic E-state index is 0.280. The first kappa shape index (κ1) is 7.19. The molecule has 1 unspecified atom stereocenters. The summed E-state index contributed by atoms with van der Waals surface area (Å²) in [6.07, 6.45) is 1.47. The van der Waals surface area contributed by atoms with Gasteiger partial charge in [-0.25, -0.2) is 4.79 Å². The minimum atomic E-state index is -0.280. The van der Waals surface area contributed by atoms with Crippen molar-refractivity contribution in [1.29, 1.82) is 0 Å². The fourth-order valence-electron chi connectivity index (χ4n) is 0.608. The zero-order chi connectivity index (χ0) is 7.40. The normalized spacial score (nSPS) is 12.1. The molecule has 0 aromatic carbocycles. The smallest absolute Gasteiger partial charge is 0.211 e. The lowest BCUT2D eigenvalue weighted by molar-refractivity contribution is 0.561. The van der Waals surface area contributed by atoms with Crippen molar-refractivity contribution < 1.29 is 4.79 Å². The molecule has 0 bridgehead atoms. The highest BCUT2D eigenvalue weighted by Gasteiger charge is 2.01. The highest BCUT2D eigenvalue weighted by Crippen LogP contribution is 2.20. The van der Waals surface area contributed by atoms with E-state index in [1.807, 2.05) is 17.5 Å². The van der Waals surface area contributed by atoms with E-state index in [9.17, 15) is 4.79 Å². The van der Waals surface area contributed by atoms with Crippen LogP contribution in [0.1, 0.15) is 10.9 Å². The van der Waals surface area contributed by atoms with Gasteiger partial charge < -0.3 is 0 Å². The first-order valence-corrected chi connectivity index (χ1v) is 3.66. The van der Waals surface area contributed by atoms with Crippen molar-refractivity contribution in [1.82, 2.24) is 0 Å². The molecule has 0 N–H and O–H groups in total. The molecule has 0 aliphatic carbocycles. The molecule has 0 aliphatic rings. The number of isocyanates is 1. The SMILES string of the molecule is [CH2]C(N=C=O)c1cccs1. The Labute approximate surface area is 63.2 Å². The van der Waals surface area contributed by atoms with Crippen LogP contribution in [0.3, 0.4) is 0 Å². The monoisotopic (exact) mass is 152 g/mol. The summed E-state index contributed by atoms with van der Waals surface area (Å²) in [5, 5.41) is 1.92. The first-order valence-electron chi connectivity index (χ1n) is 2.78. The Bertz CT molecular complexity index is 236. The summed E-state index contributed by atoms with van der Waals surface area (Å²) < 4.78 is 0. The summed E-state index contributed by atoms with van der Waals surface area (Å²) in [6, 6.07) is 3.51. The molecule has 0 saturated carbocycles. The van der Waals surface area contributed by atoms with Crippen LogP contribution >= 0.6 is 11.3 Å². The molecule has 0 fully saturated rings. The van der Waals surface area contributed by atoms with E-state index >= 15 is 0 Å². The second-order valence-electron chi connectivity index (χ2n) is 1.75. The van der Waals surface area contributed by atoms with Gasteiger partial charge >= 0.3 is 0 Å². The summed E-state index contributed by atoms with van der Waals surface area (Å²) in [4.78, 5) is 14.2. The van der Waals surface area contributed by atoms with Gasteiger partial charge in [0, 0.05) is 4.88 Å². The quantitative estimate of drug-likeness (QED) is 0.470. The van der Waals surface area contributed by atoms with Gasteiger partial charge in [0.1, 0.15) is 0 Å². The Balaban J connectivity index is 2.76. The second-order valence-corrected chi connectivity index (χ2v) is 2.73. The first-order chi connectivity index (χ1) is 4.84. The summed E-state index contributed by atoms with van der Waals surface area (Å²) >= 11 is 1.54. The van der Waals surface area contributed by atoms with Crippen LogP contribution in [0.15, 0.2) is 22.5 Å². The molecule has 2 nitrogen and oxygen atoms in total. The molecule has 3 heteroatoms. The third-order valence-electron chi connectivity index (χ3n) is 1.08. The lowest BCUT2D eigenvalue weighted by atomic mass is 10.3. The second kappa shape index (κ2) is 3.30. The number of thiophene rings is 1. The third-order valence-corrected chi connectivity index (χ3v) is 2.05. The van der Waals surface area contributed by atoms with Crippen LogP contribution in [0, 0.1) is 6.92 Å². The fraction of sp³-hybridized carbons (Fsp3) is 0.143. The summed E-state index contributed by atoms with van der Waals surface area (Å²) in [5.74, 6) is 0. The van der Waals surface area contributed by atoms with Crippen LogP contribution in [0.5, 0.6) is 0 Å². The maximum absolute atomic E-state index is 9.78. The summed E-state index contributed by atoms with van der Waals surface area (Å²) in [5.41, 5.74) is 0. The zero-order valence-electron chi connectivity index (χ0n) is 5.28. The highest BCUT2D eigenvalue weighted by atomic mass is 32.1. The number of rotatable bonds is 2. The number of hydrogen-bond donors (Lipinski definition) is 0. The fourth-order valence-corrected chi connectivity index (χ4v) is 1.29. The van der Waals surface area contributed by atoms with Gasteiger partial charge in [-0.3, -0.25) is 0 Å². The van der Waals surface area contributed by atoms with Gasteiger partial charge in [-0.1, -0.05) is 6.07 Å². The summed E-state index contributed by atoms with van der Waals surface area (Å²) in [7, 11) is 0. The van der Waals surface area contributed by atoms with E-state index < -0.39 is 0 Å². The molecule has 10 heavy (non-hydrogen) atoms. The largest absolute Gasteiger partial charge is 0.235 e. The number of hydrogen-bond acceptors (Lipinski definition) is 3. The molecule has 51 valence electrons. The van der Waals surface area contributed by atoms with E-state index in [4.69, 9.17) is 0 Å². The number of aliphatic imine (C=N–C) groups is 1. The van der Waals surface area contributed by atoms with Crippen molar-refractivity contribution in [2.24, 2.45) is 4.99 Å². The van der Waals surface area contributed by atoms with E-state index in [-0.39, 0.29) is 6.04 Å². The molecule has 1 heterocycles. The molecule has 0 amide bonds. The maximum atomic E-state index is 9.78. The highest BCUT2D eigenvalue weighted by molar-refractivity contribution is 7.10. The Morgan fingerprint density at radius 2 is 2.60 bits per heavy atom.